The van der Waals surface area contributed by atoms with Gasteiger partial charge in [-0.25, -0.2) is 0 Å². The van der Waals surface area contributed by atoms with Crippen LogP contribution in [0.1, 0.15) is 0 Å². The van der Waals surface area contributed by atoms with E-state index in [1.54, 1.807) is 0 Å². The Kier molecular flexibility index (Phi) is 2.23. The molecule has 4 aromatic rings. The van der Waals surface area contributed by atoms with Crippen molar-refractivity contribution in [3.63, 3.8) is 0 Å². The molecule has 0 amide bonds. The van der Waals surface area contributed by atoms with Crippen molar-refractivity contribution in [1.29, 1.82) is 0 Å². The molecule has 2 heteroatoms. The van der Waals surface area contributed by atoms with Gasteiger partial charge in [0, 0.05) is 24.6 Å². The number of thiophene rings is 1. The van der Waals surface area contributed by atoms with Crippen molar-refractivity contribution in [2.75, 3.05) is 0 Å². The maximum atomic E-state index is 3.55. The number of halogens is 1. The van der Waals surface area contributed by atoms with Crippen molar-refractivity contribution in [3.05, 3.63) is 59.1 Å². The van der Waals surface area contributed by atoms with Gasteiger partial charge in [-0.15, -0.1) is 11.3 Å². The molecule has 3 aromatic carbocycles. The lowest BCUT2D eigenvalue weighted by atomic mass is 10.1. The minimum atomic E-state index is 1.14. The minimum absolute atomic E-state index is 1.14. The highest BCUT2D eigenvalue weighted by molar-refractivity contribution is 9.10. The zero-order valence-electron chi connectivity index (χ0n) is 9.48. The maximum Gasteiger partial charge on any atom is 0.0433 e. The van der Waals surface area contributed by atoms with E-state index in [0.717, 1.165) is 4.47 Å². The normalized spacial score (nSPS) is 11.6. The highest BCUT2D eigenvalue weighted by Crippen LogP contribution is 2.39. The molecule has 0 aliphatic carbocycles. The first-order valence-electron chi connectivity index (χ1n) is 5.82. The molecule has 4 rings (SSSR count). The summed E-state index contributed by atoms with van der Waals surface area (Å²) in [6.45, 7) is 0. The van der Waals surface area contributed by atoms with Crippen molar-refractivity contribution in [3.8, 4) is 0 Å². The molecule has 0 fully saturated rings. The van der Waals surface area contributed by atoms with Crippen LogP contribution in [0, 0.1) is 0 Å². The summed E-state index contributed by atoms with van der Waals surface area (Å²) in [5, 5.41) is 5.38. The Hall–Kier alpha value is -1.38. The predicted octanol–water partition coefficient (Wildman–Crippen LogP) is 5.97. The number of rotatable bonds is 0. The molecular weight excluding hydrogens is 304 g/mol. The SMILES string of the molecule is Brc1ccc2c(c1)sc1c3ccccc3ccc21. The largest absolute Gasteiger partial charge is 0.134 e. The predicted molar refractivity (Wildman–Crippen MR) is 84.5 cm³/mol. The van der Waals surface area contributed by atoms with Crippen molar-refractivity contribution in [2.24, 2.45) is 0 Å². The molecule has 0 nitrogen and oxygen atoms in total. The molecular formula is C16H9BrS. The Labute approximate surface area is 117 Å². The third-order valence-corrected chi connectivity index (χ3v) is 5.02. The molecule has 1 heterocycles. The number of fused-ring (bicyclic) bond motifs is 5. The topological polar surface area (TPSA) is 0 Å². The second-order valence-corrected chi connectivity index (χ2v) is 6.37. The summed E-state index contributed by atoms with van der Waals surface area (Å²) in [6.07, 6.45) is 0. The molecule has 0 N–H and O–H groups in total. The van der Waals surface area contributed by atoms with Crippen LogP contribution in [0.25, 0.3) is 30.9 Å². The minimum Gasteiger partial charge on any atom is -0.134 e. The van der Waals surface area contributed by atoms with Crippen LogP contribution in [0.15, 0.2) is 59.1 Å². The van der Waals surface area contributed by atoms with Crippen LogP contribution in [0.5, 0.6) is 0 Å². The van der Waals surface area contributed by atoms with E-state index < -0.39 is 0 Å². The standard InChI is InChI=1S/C16H9BrS/c17-11-6-8-13-14-7-5-10-3-1-2-4-12(10)16(14)18-15(13)9-11/h1-9H. The second kappa shape index (κ2) is 3.81. The number of hydrogen-bond donors (Lipinski definition) is 0. The monoisotopic (exact) mass is 312 g/mol. The Morgan fingerprint density at radius 2 is 1.61 bits per heavy atom. The van der Waals surface area contributed by atoms with E-state index in [2.05, 4.69) is 70.5 Å². The molecule has 0 spiro atoms. The number of benzene rings is 3. The van der Waals surface area contributed by atoms with Crippen LogP contribution in [-0.2, 0) is 0 Å². The fourth-order valence-electron chi connectivity index (χ4n) is 2.48. The Morgan fingerprint density at radius 1 is 0.778 bits per heavy atom. The Balaban J connectivity index is 2.29. The van der Waals surface area contributed by atoms with Gasteiger partial charge in [0.05, 0.1) is 0 Å². The van der Waals surface area contributed by atoms with Crippen LogP contribution in [0.2, 0.25) is 0 Å². The van der Waals surface area contributed by atoms with Gasteiger partial charge in [0.2, 0.25) is 0 Å². The van der Waals surface area contributed by atoms with Gasteiger partial charge < -0.3 is 0 Å². The van der Waals surface area contributed by atoms with Crippen LogP contribution in [0.3, 0.4) is 0 Å². The van der Waals surface area contributed by atoms with E-state index in [-0.39, 0.29) is 0 Å². The molecule has 0 aliphatic rings. The fourth-order valence-corrected chi connectivity index (χ4v) is 4.27. The van der Waals surface area contributed by atoms with Gasteiger partial charge in [-0.3, -0.25) is 0 Å². The van der Waals surface area contributed by atoms with Gasteiger partial charge in [0.1, 0.15) is 0 Å². The van der Waals surface area contributed by atoms with E-state index in [1.807, 2.05) is 11.3 Å². The summed E-state index contributed by atoms with van der Waals surface area (Å²) in [5.74, 6) is 0. The third kappa shape index (κ3) is 1.43. The average molecular weight is 313 g/mol. The lowest BCUT2D eigenvalue weighted by Gasteiger charge is -1.98. The van der Waals surface area contributed by atoms with E-state index in [0.29, 0.717) is 0 Å². The molecule has 0 atom stereocenters. The summed E-state index contributed by atoms with van der Waals surface area (Å²) in [4.78, 5) is 0. The maximum absolute atomic E-state index is 3.55. The van der Waals surface area contributed by atoms with Gasteiger partial charge in [-0.1, -0.05) is 58.4 Å². The van der Waals surface area contributed by atoms with Crippen LogP contribution >= 0.6 is 27.3 Å². The van der Waals surface area contributed by atoms with Gasteiger partial charge in [-0.05, 0) is 22.9 Å². The van der Waals surface area contributed by atoms with Gasteiger partial charge >= 0.3 is 0 Å². The Bertz CT molecular complexity index is 889. The summed E-state index contributed by atoms with van der Waals surface area (Å²) in [7, 11) is 0. The van der Waals surface area contributed by atoms with Crippen molar-refractivity contribution in [1.82, 2.24) is 0 Å². The Morgan fingerprint density at radius 3 is 2.56 bits per heavy atom. The first kappa shape index (κ1) is 10.5. The zero-order chi connectivity index (χ0) is 12.1. The van der Waals surface area contributed by atoms with Crippen LogP contribution < -0.4 is 0 Å². The van der Waals surface area contributed by atoms with Gasteiger partial charge in [-0.2, -0.15) is 0 Å². The average Bonchev–Trinajstić information content (AvgIpc) is 2.76. The third-order valence-electron chi connectivity index (χ3n) is 3.33. The molecule has 86 valence electrons. The lowest BCUT2D eigenvalue weighted by Crippen LogP contribution is -1.71. The van der Waals surface area contributed by atoms with E-state index >= 15 is 0 Å². The molecule has 0 aliphatic heterocycles. The lowest BCUT2D eigenvalue weighted by molar-refractivity contribution is 1.77. The second-order valence-electron chi connectivity index (χ2n) is 4.41. The summed E-state index contributed by atoms with van der Waals surface area (Å²) in [6, 6.07) is 19.6. The quantitative estimate of drug-likeness (QED) is 0.375. The van der Waals surface area contributed by atoms with Crippen LogP contribution in [-0.4, -0.2) is 0 Å². The first-order chi connectivity index (χ1) is 8.83. The smallest absolute Gasteiger partial charge is 0.0433 e. The van der Waals surface area contributed by atoms with E-state index in [4.69, 9.17) is 0 Å². The van der Waals surface area contributed by atoms with Crippen molar-refractivity contribution >= 4 is 58.2 Å². The molecule has 18 heavy (non-hydrogen) atoms. The molecule has 0 radical (unpaired) electrons. The molecule has 0 saturated heterocycles. The molecule has 0 saturated carbocycles. The highest BCUT2D eigenvalue weighted by atomic mass is 79.9. The highest BCUT2D eigenvalue weighted by Gasteiger charge is 2.07. The van der Waals surface area contributed by atoms with Gasteiger partial charge in [0.25, 0.3) is 0 Å². The summed E-state index contributed by atoms with van der Waals surface area (Å²) < 4.78 is 3.88. The zero-order valence-corrected chi connectivity index (χ0v) is 11.9. The van der Waals surface area contributed by atoms with Gasteiger partial charge in [0.15, 0.2) is 0 Å². The number of hydrogen-bond acceptors (Lipinski definition) is 1. The summed E-state index contributed by atoms with van der Waals surface area (Å²) in [5.41, 5.74) is 0. The first-order valence-corrected chi connectivity index (χ1v) is 7.43. The fraction of sp³-hybridized carbons (Fsp3) is 0. The van der Waals surface area contributed by atoms with E-state index in [1.165, 1.54) is 30.9 Å². The molecule has 0 unspecified atom stereocenters. The summed E-state index contributed by atoms with van der Waals surface area (Å²) >= 11 is 5.42. The van der Waals surface area contributed by atoms with Crippen molar-refractivity contribution in [2.45, 2.75) is 0 Å². The van der Waals surface area contributed by atoms with Crippen LogP contribution in [0.4, 0.5) is 0 Å². The van der Waals surface area contributed by atoms with Crippen molar-refractivity contribution < 1.29 is 0 Å². The molecule has 1 aromatic heterocycles. The molecule has 0 bridgehead atoms. The van der Waals surface area contributed by atoms with E-state index in [9.17, 15) is 0 Å².